The number of carbonyl (C=O) groups is 1. The Balaban J connectivity index is 1.17. The van der Waals surface area contributed by atoms with Gasteiger partial charge in [-0.25, -0.2) is 4.98 Å². The number of piperazine rings is 1. The quantitative estimate of drug-likeness (QED) is 0.512. The molecule has 3 aromatic rings. The first kappa shape index (κ1) is 26.5. The lowest BCUT2D eigenvalue weighted by Gasteiger charge is -2.42. The van der Waals surface area contributed by atoms with Gasteiger partial charge in [-0.2, -0.15) is 4.98 Å². The van der Waals surface area contributed by atoms with Gasteiger partial charge in [-0.3, -0.25) is 14.6 Å². The van der Waals surface area contributed by atoms with Gasteiger partial charge in [0.2, 0.25) is 5.95 Å². The van der Waals surface area contributed by atoms with Gasteiger partial charge in [0, 0.05) is 70.8 Å². The number of rotatable bonds is 5. The van der Waals surface area contributed by atoms with E-state index in [1.807, 2.05) is 36.2 Å². The lowest BCUT2D eigenvalue weighted by molar-refractivity contribution is 0.0982. The molecule has 9 nitrogen and oxygen atoms in total. The second-order valence-corrected chi connectivity index (χ2v) is 11.2. The van der Waals surface area contributed by atoms with E-state index < -0.39 is 0 Å². The molecule has 3 aliphatic rings. The molecule has 0 bridgehead atoms. The summed E-state index contributed by atoms with van der Waals surface area (Å²) in [6.07, 6.45) is 5.13. The van der Waals surface area contributed by atoms with Crippen molar-refractivity contribution < 1.29 is 4.79 Å². The minimum absolute atomic E-state index is 0.0826. The van der Waals surface area contributed by atoms with Crippen molar-refractivity contribution in [3.63, 3.8) is 0 Å². The van der Waals surface area contributed by atoms with Crippen LogP contribution in [0.4, 0.5) is 34.5 Å². The number of hydrogen-bond donors (Lipinski definition) is 1. The molecule has 2 saturated heterocycles. The van der Waals surface area contributed by atoms with Crippen LogP contribution in [0.1, 0.15) is 35.7 Å². The van der Waals surface area contributed by atoms with Crippen LogP contribution in [-0.4, -0.2) is 92.1 Å². The van der Waals surface area contributed by atoms with E-state index in [4.69, 9.17) is 4.98 Å². The van der Waals surface area contributed by atoms with Crippen LogP contribution >= 0.6 is 0 Å². The largest absolute Gasteiger partial charge is 0.371 e. The highest BCUT2D eigenvalue weighted by molar-refractivity contribution is 6.12. The molecule has 1 N–H and O–H groups in total. The van der Waals surface area contributed by atoms with E-state index >= 15 is 0 Å². The Morgan fingerprint density at radius 2 is 1.65 bits per heavy atom. The van der Waals surface area contributed by atoms with E-state index in [1.165, 1.54) is 50.3 Å². The lowest BCUT2D eigenvalue weighted by Crippen LogP contribution is -2.52. The minimum atomic E-state index is -0.0826. The summed E-state index contributed by atoms with van der Waals surface area (Å²) in [6, 6.07) is 15.0. The Kier molecular flexibility index (Phi) is 7.33. The maximum Gasteiger partial charge on any atom is 0.261 e. The molecule has 4 heterocycles. The van der Waals surface area contributed by atoms with Crippen molar-refractivity contribution in [2.75, 3.05) is 80.4 Å². The molecule has 0 radical (unpaired) electrons. The highest BCUT2D eigenvalue weighted by Crippen LogP contribution is 2.38. The average molecular weight is 541 g/mol. The number of aromatic nitrogens is 2. The second-order valence-electron chi connectivity index (χ2n) is 11.2. The smallest absolute Gasteiger partial charge is 0.261 e. The third-order valence-corrected chi connectivity index (χ3v) is 8.83. The fourth-order valence-corrected chi connectivity index (χ4v) is 6.25. The molecule has 2 fully saturated rings. The summed E-state index contributed by atoms with van der Waals surface area (Å²) >= 11 is 0. The Bertz CT molecular complexity index is 1380. The molecule has 6 rings (SSSR count). The molecule has 1 amide bonds. The number of hydrogen-bond acceptors (Lipinski definition) is 8. The number of carbonyl (C=O) groups excluding carboxylic acids is 1. The van der Waals surface area contributed by atoms with E-state index in [0.717, 1.165) is 36.6 Å². The number of para-hydroxylation sites is 1. The molecule has 40 heavy (non-hydrogen) atoms. The molecule has 9 heteroatoms. The molecule has 0 spiro atoms. The molecule has 3 aliphatic heterocycles. The molecule has 210 valence electrons. The molecule has 0 saturated carbocycles. The zero-order valence-corrected chi connectivity index (χ0v) is 24.1. The first-order valence-corrected chi connectivity index (χ1v) is 14.5. The molecular weight excluding hydrogens is 500 g/mol. The van der Waals surface area contributed by atoms with Crippen molar-refractivity contribution in [1.29, 1.82) is 0 Å². The third kappa shape index (κ3) is 4.99. The number of fused-ring (bicyclic) bond motifs is 2. The molecule has 0 unspecified atom stereocenters. The third-order valence-electron chi connectivity index (χ3n) is 8.83. The standard InChI is InChI=1S/C31H40N8O/c1-5-22-20-24(38-14-12-23(13-15-38)39-18-16-35(2)17-19-39)10-11-26(22)33-31-32-21-28-29(34-31)37(4)30(40)25-8-6-7-9-27(25)36(28)3/h6-11,20-21,23H,5,12-19H2,1-4H3,(H,32,33,34). The van der Waals surface area contributed by atoms with Crippen LogP contribution in [0.25, 0.3) is 0 Å². The Labute approximate surface area is 237 Å². The number of nitrogens with one attached hydrogen (secondary N) is 1. The topological polar surface area (TPSA) is 71.1 Å². The SMILES string of the molecule is CCc1cc(N2CCC(N3CCN(C)CC3)CC2)ccc1Nc1ncc2c(n1)N(C)C(=O)c1ccccc1N2C. The summed E-state index contributed by atoms with van der Waals surface area (Å²) in [5.41, 5.74) is 5.79. The highest BCUT2D eigenvalue weighted by Gasteiger charge is 2.29. The predicted molar refractivity (Wildman–Crippen MR) is 163 cm³/mol. The van der Waals surface area contributed by atoms with Gasteiger partial charge >= 0.3 is 0 Å². The highest BCUT2D eigenvalue weighted by atomic mass is 16.2. The Morgan fingerprint density at radius 1 is 0.900 bits per heavy atom. The minimum Gasteiger partial charge on any atom is -0.371 e. The van der Waals surface area contributed by atoms with E-state index in [2.05, 4.69) is 57.2 Å². The van der Waals surface area contributed by atoms with Crippen molar-refractivity contribution in [3.8, 4) is 0 Å². The van der Waals surface area contributed by atoms with Crippen LogP contribution < -0.4 is 20.0 Å². The van der Waals surface area contributed by atoms with Gasteiger partial charge in [-0.15, -0.1) is 0 Å². The average Bonchev–Trinajstić information content (AvgIpc) is 3.07. The monoisotopic (exact) mass is 540 g/mol. The summed E-state index contributed by atoms with van der Waals surface area (Å²) in [7, 11) is 5.94. The van der Waals surface area contributed by atoms with E-state index in [0.29, 0.717) is 23.4 Å². The number of aryl methyl sites for hydroxylation is 1. The number of amides is 1. The Hall–Kier alpha value is -3.69. The molecule has 0 atom stereocenters. The maximum absolute atomic E-state index is 13.2. The van der Waals surface area contributed by atoms with E-state index in [1.54, 1.807) is 18.1 Å². The second kappa shape index (κ2) is 11.1. The summed E-state index contributed by atoms with van der Waals surface area (Å²) in [6.45, 7) is 9.12. The maximum atomic E-state index is 13.2. The zero-order chi connectivity index (χ0) is 27.8. The van der Waals surface area contributed by atoms with Crippen molar-refractivity contribution in [1.82, 2.24) is 19.8 Å². The van der Waals surface area contributed by atoms with Gasteiger partial charge in [0.25, 0.3) is 5.91 Å². The zero-order valence-electron chi connectivity index (χ0n) is 24.1. The van der Waals surface area contributed by atoms with Gasteiger partial charge in [0.05, 0.1) is 17.4 Å². The first-order chi connectivity index (χ1) is 19.4. The van der Waals surface area contributed by atoms with Crippen LogP contribution in [-0.2, 0) is 6.42 Å². The van der Waals surface area contributed by atoms with Gasteiger partial charge in [-0.05, 0) is 62.2 Å². The number of anilines is 6. The lowest BCUT2D eigenvalue weighted by atomic mass is 10.0. The number of likely N-dealkylation sites (N-methyl/N-ethyl adjacent to an activating group) is 1. The fraction of sp³-hybridized carbons (Fsp3) is 0.452. The molecule has 1 aromatic heterocycles. The summed E-state index contributed by atoms with van der Waals surface area (Å²) in [5.74, 6) is 0.980. The fourth-order valence-electron chi connectivity index (χ4n) is 6.25. The van der Waals surface area contributed by atoms with Gasteiger partial charge < -0.3 is 20.0 Å². The van der Waals surface area contributed by atoms with Crippen molar-refractivity contribution >= 4 is 40.4 Å². The summed E-state index contributed by atoms with van der Waals surface area (Å²) in [5, 5.41) is 3.44. The molecule has 2 aromatic carbocycles. The van der Waals surface area contributed by atoms with Gasteiger partial charge in [-0.1, -0.05) is 19.1 Å². The summed E-state index contributed by atoms with van der Waals surface area (Å²) in [4.78, 5) is 33.9. The van der Waals surface area contributed by atoms with Gasteiger partial charge in [0.1, 0.15) is 5.69 Å². The van der Waals surface area contributed by atoms with E-state index in [-0.39, 0.29) is 5.91 Å². The van der Waals surface area contributed by atoms with Crippen LogP contribution in [0.5, 0.6) is 0 Å². The van der Waals surface area contributed by atoms with Crippen LogP contribution in [0.15, 0.2) is 48.7 Å². The van der Waals surface area contributed by atoms with Crippen LogP contribution in [0.2, 0.25) is 0 Å². The van der Waals surface area contributed by atoms with Crippen LogP contribution in [0.3, 0.4) is 0 Å². The van der Waals surface area contributed by atoms with Crippen molar-refractivity contribution in [2.45, 2.75) is 32.2 Å². The van der Waals surface area contributed by atoms with Gasteiger partial charge in [0.15, 0.2) is 5.82 Å². The Morgan fingerprint density at radius 3 is 2.40 bits per heavy atom. The van der Waals surface area contributed by atoms with Crippen molar-refractivity contribution in [2.24, 2.45) is 0 Å². The molecular formula is C31H40N8O. The predicted octanol–water partition coefficient (Wildman–Crippen LogP) is 4.36. The molecule has 0 aliphatic carbocycles. The normalized spacial score (nSPS) is 18.9. The van der Waals surface area contributed by atoms with E-state index in [9.17, 15) is 4.79 Å². The summed E-state index contributed by atoms with van der Waals surface area (Å²) < 4.78 is 0. The first-order valence-electron chi connectivity index (χ1n) is 14.5. The number of nitrogens with zero attached hydrogens (tertiary/aromatic N) is 7. The number of benzene rings is 2. The van der Waals surface area contributed by atoms with Crippen LogP contribution in [0, 0.1) is 0 Å². The number of piperidine rings is 1. The van der Waals surface area contributed by atoms with Crippen molar-refractivity contribution in [3.05, 3.63) is 59.8 Å².